The summed E-state index contributed by atoms with van der Waals surface area (Å²) in [6.45, 7) is 3.12. The first-order valence-electron chi connectivity index (χ1n) is 13.4. The average molecular weight is 517 g/mol. The smallest absolute Gasteiger partial charge is 0.410 e. The van der Waals surface area contributed by atoms with Gasteiger partial charge in [-0.1, -0.05) is 6.07 Å². The number of benzene rings is 1. The summed E-state index contributed by atoms with van der Waals surface area (Å²) in [5, 5.41) is 11.6. The number of pyridine rings is 1. The van der Waals surface area contributed by atoms with Crippen molar-refractivity contribution in [2.45, 2.75) is 70.6 Å². The van der Waals surface area contributed by atoms with Gasteiger partial charge in [-0.2, -0.15) is 0 Å². The number of fused-ring (bicyclic) bond motifs is 2. The molecule has 1 N–H and O–H groups in total. The molecule has 0 unspecified atom stereocenters. The maximum Gasteiger partial charge on any atom is 0.410 e. The van der Waals surface area contributed by atoms with Crippen molar-refractivity contribution in [3.05, 3.63) is 52.8 Å². The molecule has 3 aromatic rings. The largest absolute Gasteiger partial charge is 0.496 e. The number of rotatable bonds is 5. The number of aromatic nitrogens is 4. The number of carbonyl (C=O) groups is 2. The normalized spacial score (nSPS) is 18.7. The van der Waals surface area contributed by atoms with Gasteiger partial charge in [0.25, 0.3) is 5.91 Å². The Bertz CT molecular complexity index is 1380. The fourth-order valence-corrected chi connectivity index (χ4v) is 5.72. The van der Waals surface area contributed by atoms with Gasteiger partial charge in [0.2, 0.25) is 0 Å². The minimum absolute atomic E-state index is 0.0198. The highest BCUT2D eigenvalue weighted by Gasteiger charge is 2.28. The Morgan fingerprint density at radius 2 is 1.89 bits per heavy atom. The second kappa shape index (κ2) is 10.1. The topological polar surface area (TPSA) is 111 Å². The molecular weight excluding hydrogens is 484 g/mol. The molecule has 2 aliphatic heterocycles. The van der Waals surface area contributed by atoms with Gasteiger partial charge in [-0.3, -0.25) is 4.79 Å². The van der Waals surface area contributed by atoms with Gasteiger partial charge in [0.05, 0.1) is 12.7 Å². The van der Waals surface area contributed by atoms with Crippen molar-refractivity contribution in [2.75, 3.05) is 19.0 Å². The molecule has 198 valence electrons. The quantitative estimate of drug-likeness (QED) is 0.530. The van der Waals surface area contributed by atoms with Crippen LogP contribution < -0.4 is 10.1 Å². The van der Waals surface area contributed by atoms with Gasteiger partial charge in [-0.15, -0.1) is 10.2 Å². The van der Waals surface area contributed by atoms with Crippen LogP contribution in [0.1, 0.15) is 72.4 Å². The van der Waals surface area contributed by atoms with Gasteiger partial charge in [-0.05, 0) is 80.8 Å². The molecule has 2 aromatic heterocycles. The molecule has 10 heteroatoms. The van der Waals surface area contributed by atoms with Crippen LogP contribution in [0.3, 0.4) is 0 Å². The van der Waals surface area contributed by atoms with E-state index in [0.717, 1.165) is 55.5 Å². The number of aryl methyl sites for hydroxylation is 1. The van der Waals surface area contributed by atoms with Crippen LogP contribution >= 0.6 is 0 Å². The molecule has 10 nitrogen and oxygen atoms in total. The first-order chi connectivity index (χ1) is 18.5. The first kappa shape index (κ1) is 24.4. The zero-order valence-corrected chi connectivity index (χ0v) is 21.8. The van der Waals surface area contributed by atoms with Crippen molar-refractivity contribution >= 4 is 17.8 Å². The summed E-state index contributed by atoms with van der Waals surface area (Å²) in [7, 11) is 1.55. The fraction of sp³-hybridized carbons (Fsp3) is 0.464. The number of nitrogens with zero attached hydrogens (tertiary/aromatic N) is 5. The van der Waals surface area contributed by atoms with Gasteiger partial charge in [0.1, 0.15) is 29.2 Å². The standard InChI is InChI=1S/C28H32N6O4/c1-17-10-11-25-31-32-26(34(17)25)22-8-5-9-24(29-22)30-27(35)21-14-19-16-33(13-12-18(19)15-23(21)37-2)28(36)38-20-6-3-4-7-20/h5,8-9,14-15,17,20H,3-4,6-7,10-13,16H2,1-2H3,(H,29,30,35)/t17-/m0/s1. The molecule has 1 atom stereocenters. The lowest BCUT2D eigenvalue weighted by Gasteiger charge is -2.30. The molecule has 1 fully saturated rings. The average Bonchev–Trinajstić information content (AvgIpc) is 3.68. The van der Waals surface area contributed by atoms with Crippen LogP contribution in [0.4, 0.5) is 10.6 Å². The van der Waals surface area contributed by atoms with Crippen molar-refractivity contribution in [3.8, 4) is 17.3 Å². The molecule has 1 saturated carbocycles. The Balaban J connectivity index is 1.21. The summed E-state index contributed by atoms with van der Waals surface area (Å²) < 4.78 is 13.4. The number of carbonyl (C=O) groups excluding carboxylic acids is 2. The molecule has 3 aliphatic rings. The number of hydrogen-bond acceptors (Lipinski definition) is 7. The predicted molar refractivity (Wildman–Crippen MR) is 140 cm³/mol. The minimum Gasteiger partial charge on any atom is -0.496 e. The summed E-state index contributed by atoms with van der Waals surface area (Å²) in [5.41, 5.74) is 3.03. The van der Waals surface area contributed by atoms with E-state index in [1.165, 1.54) is 0 Å². The van der Waals surface area contributed by atoms with Crippen molar-refractivity contribution in [1.29, 1.82) is 0 Å². The monoisotopic (exact) mass is 516 g/mol. The maximum absolute atomic E-state index is 13.4. The fourth-order valence-electron chi connectivity index (χ4n) is 5.72. The summed E-state index contributed by atoms with van der Waals surface area (Å²) >= 11 is 0. The molecule has 4 heterocycles. The van der Waals surface area contributed by atoms with Gasteiger partial charge in [-0.25, -0.2) is 9.78 Å². The van der Waals surface area contributed by atoms with E-state index in [2.05, 4.69) is 32.0 Å². The highest BCUT2D eigenvalue weighted by Crippen LogP contribution is 2.32. The minimum atomic E-state index is -0.334. The number of methoxy groups -OCH3 is 1. The third kappa shape index (κ3) is 4.59. The van der Waals surface area contributed by atoms with E-state index in [1.54, 1.807) is 18.1 Å². The van der Waals surface area contributed by atoms with E-state index < -0.39 is 0 Å². The summed E-state index contributed by atoms with van der Waals surface area (Å²) in [6.07, 6.45) is 6.44. The Morgan fingerprint density at radius 1 is 1.05 bits per heavy atom. The second-order valence-corrected chi connectivity index (χ2v) is 10.3. The zero-order valence-electron chi connectivity index (χ0n) is 21.8. The van der Waals surface area contributed by atoms with E-state index in [9.17, 15) is 9.59 Å². The van der Waals surface area contributed by atoms with Crippen LogP contribution in [0, 0.1) is 0 Å². The highest BCUT2D eigenvalue weighted by molar-refractivity contribution is 6.06. The maximum atomic E-state index is 13.4. The third-order valence-corrected chi connectivity index (χ3v) is 7.82. The summed E-state index contributed by atoms with van der Waals surface area (Å²) in [5.74, 6) is 2.24. The second-order valence-electron chi connectivity index (χ2n) is 10.3. The van der Waals surface area contributed by atoms with Crippen molar-refractivity contribution in [2.24, 2.45) is 0 Å². The van der Waals surface area contributed by atoms with Gasteiger partial charge in [0.15, 0.2) is 5.82 Å². The molecular formula is C28H32N6O4. The van der Waals surface area contributed by atoms with Crippen LogP contribution in [-0.2, 0) is 24.1 Å². The Kier molecular flexibility index (Phi) is 6.47. The van der Waals surface area contributed by atoms with E-state index in [0.29, 0.717) is 54.2 Å². The number of anilines is 1. The van der Waals surface area contributed by atoms with Gasteiger partial charge >= 0.3 is 6.09 Å². The number of hydrogen-bond donors (Lipinski definition) is 1. The molecule has 0 spiro atoms. The summed E-state index contributed by atoms with van der Waals surface area (Å²) in [4.78, 5) is 32.5. The zero-order chi connectivity index (χ0) is 26.2. The van der Waals surface area contributed by atoms with Gasteiger partial charge < -0.3 is 24.3 Å². The Morgan fingerprint density at radius 3 is 2.71 bits per heavy atom. The molecule has 0 radical (unpaired) electrons. The molecule has 1 aliphatic carbocycles. The van der Waals surface area contributed by atoms with Gasteiger partial charge in [0, 0.05) is 25.6 Å². The Hall–Kier alpha value is -3.95. The summed E-state index contributed by atoms with van der Waals surface area (Å²) in [6, 6.07) is 9.49. The van der Waals surface area contributed by atoms with Crippen molar-refractivity contribution in [3.63, 3.8) is 0 Å². The lowest BCUT2D eigenvalue weighted by Crippen LogP contribution is -2.38. The number of nitrogens with one attached hydrogen (secondary N) is 1. The number of amides is 2. The highest BCUT2D eigenvalue weighted by atomic mass is 16.6. The lowest BCUT2D eigenvalue weighted by molar-refractivity contribution is 0.0618. The van der Waals surface area contributed by atoms with Crippen molar-refractivity contribution in [1.82, 2.24) is 24.6 Å². The van der Waals surface area contributed by atoms with Crippen LogP contribution in [0.2, 0.25) is 0 Å². The SMILES string of the molecule is COc1cc2c(cc1C(=O)Nc1cccc(-c3nnc4n3[C@@H](C)CC4)n1)CN(C(=O)OC1CCCC1)CC2. The first-order valence-corrected chi connectivity index (χ1v) is 13.4. The lowest BCUT2D eigenvalue weighted by atomic mass is 9.96. The third-order valence-electron chi connectivity index (χ3n) is 7.82. The van der Waals surface area contributed by atoms with Crippen LogP contribution in [-0.4, -0.2) is 56.4 Å². The molecule has 6 rings (SSSR count). The predicted octanol–water partition coefficient (Wildman–Crippen LogP) is 4.55. The van der Waals surface area contributed by atoms with E-state index in [4.69, 9.17) is 9.47 Å². The van der Waals surface area contributed by atoms with Crippen LogP contribution in [0.15, 0.2) is 30.3 Å². The molecule has 2 amide bonds. The van der Waals surface area contributed by atoms with E-state index in [-0.39, 0.29) is 18.1 Å². The number of ether oxygens (including phenoxy) is 2. The molecule has 38 heavy (non-hydrogen) atoms. The Labute approximate surface area is 221 Å². The van der Waals surface area contributed by atoms with Crippen LogP contribution in [0.25, 0.3) is 11.5 Å². The van der Waals surface area contributed by atoms with E-state index >= 15 is 0 Å². The molecule has 0 saturated heterocycles. The molecule has 1 aromatic carbocycles. The van der Waals surface area contributed by atoms with E-state index in [1.807, 2.05) is 24.3 Å². The molecule has 0 bridgehead atoms. The van der Waals surface area contributed by atoms with Crippen molar-refractivity contribution < 1.29 is 19.1 Å². The van der Waals surface area contributed by atoms with Crippen LogP contribution in [0.5, 0.6) is 5.75 Å².